The number of ketones is 2. The molecule has 3 aliphatic carbocycles. The van der Waals surface area contributed by atoms with Crippen LogP contribution in [0.2, 0.25) is 0 Å². The summed E-state index contributed by atoms with van der Waals surface area (Å²) in [6.45, 7) is 0. The normalized spacial score (nSPS) is 28.9. The quantitative estimate of drug-likeness (QED) is 0.193. The number of phenols is 1. The highest BCUT2D eigenvalue weighted by atomic mass is 16.3. The smallest absolute Gasteiger partial charge is 0.255 e. The van der Waals surface area contributed by atoms with Crippen molar-refractivity contribution in [2.45, 2.75) is 24.5 Å². The maximum atomic E-state index is 13.4. The van der Waals surface area contributed by atoms with Crippen molar-refractivity contribution in [1.29, 1.82) is 5.26 Å². The van der Waals surface area contributed by atoms with E-state index in [1.807, 2.05) is 6.07 Å². The minimum absolute atomic E-state index is 0.0330. The van der Waals surface area contributed by atoms with E-state index in [0.29, 0.717) is 0 Å². The number of hydrogen-bond donors (Lipinski definition) is 6. The molecular weight excluding hydrogens is 432 g/mol. The number of aromatic hydroxyl groups is 1. The molecule has 1 amide bonds. The number of aliphatic hydroxyl groups is 3. The van der Waals surface area contributed by atoms with Gasteiger partial charge in [0.2, 0.25) is 5.78 Å². The molecule has 172 valence electrons. The predicted molar refractivity (Wildman–Crippen MR) is 113 cm³/mol. The van der Waals surface area contributed by atoms with E-state index in [9.17, 15) is 40.1 Å². The molecule has 0 aromatic heterocycles. The van der Waals surface area contributed by atoms with Gasteiger partial charge >= 0.3 is 0 Å². The van der Waals surface area contributed by atoms with Gasteiger partial charge in [0.25, 0.3) is 5.91 Å². The standard InChI is InChI=1S/C22H22N4O7/c1-26(2)15-10-4-7-3-9-8(6-23)5-11(24)16(27)13(9)17(28)12(7)19(30)22(10,33)20(31)14(18(15)29)21(25)32/h5,7,10,15,27,29-30,33H,3-4,24H2,1-2H3,(H2,25,32)/t7-,10-,15-,22-/m0/s1. The molecule has 1 aromatic rings. The molecule has 1 aromatic carbocycles. The second-order valence-corrected chi connectivity index (χ2v) is 8.79. The van der Waals surface area contributed by atoms with Crippen LogP contribution in [0.25, 0.3) is 0 Å². The van der Waals surface area contributed by atoms with Gasteiger partial charge in [-0.3, -0.25) is 19.3 Å². The lowest BCUT2D eigenvalue weighted by molar-refractivity contribution is -0.148. The summed E-state index contributed by atoms with van der Waals surface area (Å²) in [6.07, 6.45) is -0.0208. The van der Waals surface area contributed by atoms with E-state index < -0.39 is 63.8 Å². The van der Waals surface area contributed by atoms with Crippen LogP contribution in [0.1, 0.15) is 27.9 Å². The molecule has 3 aliphatic rings. The van der Waals surface area contributed by atoms with Crippen molar-refractivity contribution in [3.63, 3.8) is 0 Å². The summed E-state index contributed by atoms with van der Waals surface area (Å²) in [7, 11) is 3.09. The zero-order valence-corrected chi connectivity index (χ0v) is 17.8. The van der Waals surface area contributed by atoms with Gasteiger partial charge in [-0.15, -0.1) is 0 Å². The van der Waals surface area contributed by atoms with E-state index in [2.05, 4.69) is 0 Å². The van der Waals surface area contributed by atoms with Gasteiger partial charge < -0.3 is 31.9 Å². The van der Waals surface area contributed by atoms with Crippen LogP contribution in [0.15, 0.2) is 28.7 Å². The van der Waals surface area contributed by atoms with E-state index in [-0.39, 0.29) is 40.8 Å². The number of aliphatic hydroxyl groups excluding tert-OH is 2. The fraction of sp³-hybridized carbons (Fsp3) is 0.364. The van der Waals surface area contributed by atoms with Gasteiger partial charge in [0.05, 0.1) is 28.9 Å². The molecule has 0 saturated heterocycles. The summed E-state index contributed by atoms with van der Waals surface area (Å²) in [5.74, 6) is -7.55. The number of primary amides is 1. The van der Waals surface area contributed by atoms with E-state index in [4.69, 9.17) is 11.5 Å². The number of carbonyl (C=O) groups excluding carboxylic acids is 3. The predicted octanol–water partition coefficient (Wildman–Crippen LogP) is -0.426. The molecule has 0 fully saturated rings. The molecule has 33 heavy (non-hydrogen) atoms. The number of nitrogen functional groups attached to an aromatic ring is 1. The second kappa shape index (κ2) is 7.06. The van der Waals surface area contributed by atoms with Gasteiger partial charge in [-0.1, -0.05) is 0 Å². The van der Waals surface area contributed by atoms with Crippen LogP contribution < -0.4 is 11.5 Å². The Morgan fingerprint density at radius 3 is 2.45 bits per heavy atom. The third-order valence-electron chi connectivity index (χ3n) is 6.87. The number of Topliss-reactive ketones (excluding diaryl/α,β-unsaturated/α-hetero) is 2. The number of nitriles is 1. The highest BCUT2D eigenvalue weighted by molar-refractivity contribution is 6.24. The lowest BCUT2D eigenvalue weighted by Crippen LogP contribution is -2.63. The van der Waals surface area contributed by atoms with Gasteiger partial charge in [-0.2, -0.15) is 5.26 Å². The van der Waals surface area contributed by atoms with Gasteiger partial charge in [0.15, 0.2) is 11.4 Å². The van der Waals surface area contributed by atoms with Gasteiger partial charge in [-0.05, 0) is 44.5 Å². The van der Waals surface area contributed by atoms with Gasteiger partial charge in [0, 0.05) is 11.5 Å². The van der Waals surface area contributed by atoms with Crippen molar-refractivity contribution >= 4 is 23.2 Å². The number of benzene rings is 1. The Kier molecular flexibility index (Phi) is 4.78. The summed E-state index contributed by atoms with van der Waals surface area (Å²) < 4.78 is 0. The highest BCUT2D eigenvalue weighted by Gasteiger charge is 2.63. The van der Waals surface area contributed by atoms with E-state index in [0.717, 1.165) is 0 Å². The highest BCUT2D eigenvalue weighted by Crippen LogP contribution is 2.52. The summed E-state index contributed by atoms with van der Waals surface area (Å²) in [5, 5.41) is 53.2. The lowest BCUT2D eigenvalue weighted by atomic mass is 9.58. The fourth-order valence-corrected chi connectivity index (χ4v) is 5.44. The Balaban J connectivity index is 2.00. The first-order valence-electron chi connectivity index (χ1n) is 10.1. The van der Waals surface area contributed by atoms with Crippen LogP contribution in [-0.2, 0) is 16.0 Å². The van der Waals surface area contributed by atoms with E-state index in [1.54, 1.807) is 14.1 Å². The number of rotatable bonds is 2. The molecule has 4 atom stereocenters. The molecule has 4 rings (SSSR count). The van der Waals surface area contributed by atoms with Crippen LogP contribution in [0.5, 0.6) is 5.75 Å². The second-order valence-electron chi connectivity index (χ2n) is 8.79. The molecule has 11 nitrogen and oxygen atoms in total. The summed E-state index contributed by atoms with van der Waals surface area (Å²) in [6, 6.07) is 2.11. The van der Waals surface area contributed by atoms with Gasteiger partial charge in [0.1, 0.15) is 22.8 Å². The van der Waals surface area contributed by atoms with Crippen molar-refractivity contribution in [2.24, 2.45) is 17.6 Å². The minimum atomic E-state index is -2.71. The molecule has 0 spiro atoms. The number of fused-ring (bicyclic) bond motifs is 3. The van der Waals surface area contributed by atoms with Crippen molar-refractivity contribution in [2.75, 3.05) is 19.8 Å². The van der Waals surface area contributed by atoms with Crippen LogP contribution >= 0.6 is 0 Å². The largest absolute Gasteiger partial charge is 0.510 e. The van der Waals surface area contributed by atoms with Crippen LogP contribution in [0.3, 0.4) is 0 Å². The topological polar surface area (TPSA) is 211 Å². The van der Waals surface area contributed by atoms with Crippen molar-refractivity contribution in [3.05, 3.63) is 45.4 Å². The number of phenolic OH excluding ortho intramolecular Hbond substituents is 1. The monoisotopic (exact) mass is 454 g/mol. The number of likely N-dealkylation sites (N-methyl/N-ethyl adjacent to an activating group) is 1. The molecular formula is C22H22N4O7. The zero-order chi connectivity index (χ0) is 24.6. The first kappa shape index (κ1) is 22.3. The molecule has 0 aliphatic heterocycles. The van der Waals surface area contributed by atoms with Crippen molar-refractivity contribution in [1.82, 2.24) is 4.90 Å². The molecule has 0 radical (unpaired) electrons. The first-order valence-corrected chi connectivity index (χ1v) is 10.1. The SMILES string of the molecule is CN(C)[C@@H]1C(O)=C(C(N)=O)C(=O)[C@@]2(O)C(O)=C3C(=O)c4c(O)c(N)cc(C#N)c4C[C@H]3C[C@@H]12. The number of anilines is 1. The van der Waals surface area contributed by atoms with E-state index in [1.165, 1.54) is 11.0 Å². The molecule has 0 heterocycles. The Bertz CT molecular complexity index is 1260. The third-order valence-corrected chi connectivity index (χ3v) is 6.87. The molecule has 0 saturated carbocycles. The number of hydrogen-bond acceptors (Lipinski definition) is 10. The Hall–Kier alpha value is -3.88. The van der Waals surface area contributed by atoms with Crippen molar-refractivity contribution < 1.29 is 34.8 Å². The molecule has 8 N–H and O–H groups in total. The van der Waals surface area contributed by atoms with Crippen LogP contribution in [0.4, 0.5) is 5.69 Å². The maximum absolute atomic E-state index is 13.4. The molecule has 0 bridgehead atoms. The third kappa shape index (κ3) is 2.71. The number of allylic oxidation sites excluding steroid dienone is 1. The number of carbonyl (C=O) groups is 3. The average Bonchev–Trinajstić information content (AvgIpc) is 2.72. The van der Waals surface area contributed by atoms with Gasteiger partial charge in [-0.25, -0.2) is 0 Å². The van der Waals surface area contributed by atoms with Crippen molar-refractivity contribution in [3.8, 4) is 11.8 Å². The number of amides is 1. The summed E-state index contributed by atoms with van der Waals surface area (Å²) in [5.41, 5.74) is 6.94. The Labute approximate surface area is 187 Å². The molecule has 11 heteroatoms. The first-order chi connectivity index (χ1) is 15.4. The van der Waals surface area contributed by atoms with Crippen LogP contribution in [0, 0.1) is 23.2 Å². The fourth-order valence-electron chi connectivity index (χ4n) is 5.44. The zero-order valence-electron chi connectivity index (χ0n) is 17.8. The summed E-state index contributed by atoms with van der Waals surface area (Å²) in [4.78, 5) is 40.0. The average molecular weight is 454 g/mol. The maximum Gasteiger partial charge on any atom is 0.255 e. The Morgan fingerprint density at radius 1 is 1.27 bits per heavy atom. The van der Waals surface area contributed by atoms with Crippen LogP contribution in [-0.4, -0.2) is 68.5 Å². The van der Waals surface area contributed by atoms with E-state index >= 15 is 0 Å². The summed E-state index contributed by atoms with van der Waals surface area (Å²) >= 11 is 0. The minimum Gasteiger partial charge on any atom is -0.510 e. The lowest BCUT2D eigenvalue weighted by Gasteiger charge is -2.50. The molecule has 0 unspecified atom stereocenters. The number of nitrogens with zero attached hydrogens (tertiary/aromatic N) is 2. The number of nitrogens with two attached hydrogens (primary N) is 2. The Morgan fingerprint density at radius 2 is 1.91 bits per heavy atom.